The van der Waals surface area contributed by atoms with E-state index in [0.717, 1.165) is 0 Å². The van der Waals surface area contributed by atoms with Crippen molar-refractivity contribution in [1.82, 2.24) is 0 Å². The predicted molar refractivity (Wildman–Crippen MR) is 64.1 cm³/mol. The molecule has 3 N–H and O–H groups in total. The van der Waals surface area contributed by atoms with Gasteiger partial charge in [-0.2, -0.15) is 0 Å². The highest BCUT2D eigenvalue weighted by atomic mass is 16.5. The van der Waals surface area contributed by atoms with E-state index < -0.39 is 5.97 Å². The Bertz CT molecular complexity index is 348. The molecule has 0 amide bonds. The molecular weight excluding hydrogens is 206 g/mol. The number of nitrogen functional groups attached to an aromatic ring is 1. The van der Waals surface area contributed by atoms with Crippen molar-refractivity contribution >= 4 is 11.7 Å². The van der Waals surface area contributed by atoms with Gasteiger partial charge in [-0.1, -0.05) is 24.3 Å². The number of aliphatic hydroxyl groups excluding tert-OH is 1. The quantitative estimate of drug-likeness (QED) is 0.454. The molecule has 0 aliphatic rings. The monoisotopic (exact) mass is 223 g/mol. The van der Waals surface area contributed by atoms with Crippen LogP contribution in [0.3, 0.4) is 0 Å². The molecule has 0 aromatic heterocycles. The second-order valence-electron chi connectivity index (χ2n) is 2.83. The lowest BCUT2D eigenvalue weighted by Crippen LogP contribution is -2.04. The van der Waals surface area contributed by atoms with Crippen LogP contribution in [0.15, 0.2) is 36.4 Å². The number of carbonyl (C=O) groups is 1. The molecule has 4 nitrogen and oxygen atoms in total. The molecule has 0 radical (unpaired) electrons. The van der Waals surface area contributed by atoms with E-state index in [4.69, 9.17) is 10.8 Å². The zero-order valence-corrected chi connectivity index (χ0v) is 9.51. The third kappa shape index (κ3) is 5.17. The topological polar surface area (TPSA) is 72.5 Å². The van der Waals surface area contributed by atoms with Gasteiger partial charge in [-0.25, -0.2) is 4.79 Å². The van der Waals surface area contributed by atoms with Crippen molar-refractivity contribution in [3.8, 4) is 0 Å². The van der Waals surface area contributed by atoms with Crippen LogP contribution in [0, 0.1) is 0 Å². The summed E-state index contributed by atoms with van der Waals surface area (Å²) in [4.78, 5) is 10.9. The summed E-state index contributed by atoms with van der Waals surface area (Å²) in [5.74, 6) is -0.400. The number of allylic oxidation sites excluding steroid dienone is 1. The number of rotatable bonds is 2. The van der Waals surface area contributed by atoms with E-state index in [2.05, 4.69) is 4.74 Å². The van der Waals surface area contributed by atoms with Crippen molar-refractivity contribution < 1.29 is 14.6 Å². The fraction of sp³-hybridized carbons (Fsp3) is 0.250. The zero-order chi connectivity index (χ0) is 12.4. The highest BCUT2D eigenvalue weighted by molar-refractivity contribution is 5.94. The summed E-state index contributed by atoms with van der Waals surface area (Å²) in [6, 6.07) is 6.79. The standard InChI is InChI=1S/C8H9NO2.C4H8O/c1-11-8(10)6-4-2-3-5-7(6)9;1-2-3-4-5/h2-5H,9H2,1H3;2-3,5H,4H2,1H3. The van der Waals surface area contributed by atoms with Gasteiger partial charge in [0.15, 0.2) is 0 Å². The van der Waals surface area contributed by atoms with E-state index in [1.54, 1.807) is 36.4 Å². The molecule has 0 spiro atoms. The van der Waals surface area contributed by atoms with Gasteiger partial charge in [0.2, 0.25) is 0 Å². The Morgan fingerprint density at radius 3 is 2.50 bits per heavy atom. The minimum Gasteiger partial charge on any atom is -0.465 e. The summed E-state index contributed by atoms with van der Waals surface area (Å²) in [5, 5.41) is 7.98. The van der Waals surface area contributed by atoms with Crippen LogP contribution in [0.4, 0.5) is 5.69 Å². The number of hydrogen-bond donors (Lipinski definition) is 2. The summed E-state index contributed by atoms with van der Waals surface area (Å²) in [5.41, 5.74) is 6.35. The lowest BCUT2D eigenvalue weighted by atomic mass is 10.2. The molecule has 0 saturated heterocycles. The zero-order valence-electron chi connectivity index (χ0n) is 9.51. The van der Waals surface area contributed by atoms with E-state index in [0.29, 0.717) is 11.3 Å². The summed E-state index contributed by atoms with van der Waals surface area (Å²) >= 11 is 0. The molecule has 0 bridgehead atoms. The highest BCUT2D eigenvalue weighted by Crippen LogP contribution is 2.10. The minimum absolute atomic E-state index is 0.163. The van der Waals surface area contributed by atoms with Crippen LogP contribution < -0.4 is 5.73 Å². The maximum Gasteiger partial charge on any atom is 0.339 e. The largest absolute Gasteiger partial charge is 0.465 e. The number of para-hydroxylation sites is 1. The van der Waals surface area contributed by atoms with E-state index in [-0.39, 0.29) is 6.61 Å². The number of hydrogen-bond acceptors (Lipinski definition) is 4. The van der Waals surface area contributed by atoms with Gasteiger partial charge >= 0.3 is 5.97 Å². The average Bonchev–Trinajstić information content (AvgIpc) is 2.31. The van der Waals surface area contributed by atoms with Crippen molar-refractivity contribution in [3.05, 3.63) is 42.0 Å². The number of methoxy groups -OCH3 is 1. The van der Waals surface area contributed by atoms with Crippen LogP contribution in [0.25, 0.3) is 0 Å². The maximum absolute atomic E-state index is 10.9. The molecule has 1 aromatic rings. The van der Waals surface area contributed by atoms with Crippen LogP contribution >= 0.6 is 0 Å². The Kier molecular flexibility index (Phi) is 7.53. The molecule has 0 aliphatic carbocycles. The highest BCUT2D eigenvalue weighted by Gasteiger charge is 2.06. The number of nitrogens with two attached hydrogens (primary N) is 1. The molecule has 0 saturated carbocycles. The first-order valence-corrected chi connectivity index (χ1v) is 4.82. The fourth-order valence-corrected chi connectivity index (χ4v) is 0.898. The molecule has 1 rings (SSSR count). The molecule has 4 heteroatoms. The number of esters is 1. The van der Waals surface area contributed by atoms with Crippen molar-refractivity contribution in [3.63, 3.8) is 0 Å². The van der Waals surface area contributed by atoms with Gasteiger partial charge in [0.05, 0.1) is 19.3 Å². The second kappa shape index (κ2) is 8.49. The van der Waals surface area contributed by atoms with E-state index in [1.807, 2.05) is 6.92 Å². The van der Waals surface area contributed by atoms with Crippen molar-refractivity contribution in [2.45, 2.75) is 6.92 Å². The Balaban J connectivity index is 0.000000385. The van der Waals surface area contributed by atoms with Gasteiger partial charge in [0.1, 0.15) is 0 Å². The lowest BCUT2D eigenvalue weighted by molar-refractivity contribution is 0.0602. The van der Waals surface area contributed by atoms with Crippen molar-refractivity contribution in [1.29, 1.82) is 0 Å². The molecule has 0 unspecified atom stereocenters. The third-order valence-corrected chi connectivity index (χ3v) is 1.71. The SMILES string of the molecule is CC=CCO.COC(=O)c1ccccc1N. The predicted octanol–water partition coefficient (Wildman–Crippen LogP) is 1.61. The first-order valence-electron chi connectivity index (χ1n) is 4.82. The van der Waals surface area contributed by atoms with E-state index >= 15 is 0 Å². The summed E-state index contributed by atoms with van der Waals surface area (Å²) in [6.45, 7) is 2.03. The number of ether oxygens (including phenoxy) is 1. The van der Waals surface area contributed by atoms with Crippen molar-refractivity contribution in [2.24, 2.45) is 0 Å². The van der Waals surface area contributed by atoms with Gasteiger partial charge < -0.3 is 15.6 Å². The van der Waals surface area contributed by atoms with Gasteiger partial charge in [-0.3, -0.25) is 0 Å². The summed E-state index contributed by atoms with van der Waals surface area (Å²) in [6.07, 6.45) is 3.49. The Morgan fingerprint density at radius 1 is 1.50 bits per heavy atom. The first kappa shape index (κ1) is 14.2. The molecule has 0 aliphatic heterocycles. The van der Waals surface area contributed by atoms with Crippen LogP contribution in [0.1, 0.15) is 17.3 Å². The van der Waals surface area contributed by atoms with Crippen LogP contribution in [-0.4, -0.2) is 24.8 Å². The van der Waals surface area contributed by atoms with E-state index in [1.165, 1.54) is 7.11 Å². The summed E-state index contributed by atoms with van der Waals surface area (Å²) < 4.78 is 4.50. The van der Waals surface area contributed by atoms with Gasteiger partial charge in [-0.15, -0.1) is 0 Å². The number of benzene rings is 1. The van der Waals surface area contributed by atoms with Gasteiger partial charge in [0.25, 0.3) is 0 Å². The molecule has 0 heterocycles. The van der Waals surface area contributed by atoms with Gasteiger partial charge in [0, 0.05) is 5.69 Å². The maximum atomic E-state index is 10.9. The second-order valence-corrected chi connectivity index (χ2v) is 2.83. The summed E-state index contributed by atoms with van der Waals surface area (Å²) in [7, 11) is 1.33. The first-order chi connectivity index (χ1) is 7.67. The molecule has 0 fully saturated rings. The molecule has 88 valence electrons. The molecular formula is C12H17NO3. The Labute approximate surface area is 95.3 Å². The number of aliphatic hydroxyl groups is 1. The fourth-order valence-electron chi connectivity index (χ4n) is 0.898. The number of anilines is 1. The van der Waals surface area contributed by atoms with Gasteiger partial charge in [-0.05, 0) is 19.1 Å². The minimum atomic E-state index is -0.400. The molecule has 16 heavy (non-hydrogen) atoms. The molecule has 1 aromatic carbocycles. The average molecular weight is 223 g/mol. The normalized spacial score (nSPS) is 9.44. The molecule has 0 atom stereocenters. The Hall–Kier alpha value is -1.81. The van der Waals surface area contributed by atoms with Crippen molar-refractivity contribution in [2.75, 3.05) is 19.5 Å². The smallest absolute Gasteiger partial charge is 0.339 e. The number of carbonyl (C=O) groups excluding carboxylic acids is 1. The van der Waals surface area contributed by atoms with Crippen LogP contribution in [0.2, 0.25) is 0 Å². The van der Waals surface area contributed by atoms with E-state index in [9.17, 15) is 4.79 Å². The third-order valence-electron chi connectivity index (χ3n) is 1.71. The van der Waals surface area contributed by atoms with Crippen LogP contribution in [0.5, 0.6) is 0 Å². The lowest BCUT2D eigenvalue weighted by Gasteiger charge is -2.00. The Morgan fingerprint density at radius 2 is 2.12 bits per heavy atom. The van der Waals surface area contributed by atoms with Crippen LogP contribution in [-0.2, 0) is 4.74 Å².